The average Bonchev–Trinajstić information content (AvgIpc) is 2.41. The lowest BCUT2D eigenvalue weighted by Crippen LogP contribution is -2.26. The number of amides is 1. The number of rotatable bonds is 3. The SMILES string of the molecule is CN(Cc1ccccc1N)C(=O)c1ccncc1Cl. The molecule has 0 bridgehead atoms. The van der Waals surface area contributed by atoms with Crippen molar-refractivity contribution in [1.82, 2.24) is 9.88 Å². The Labute approximate surface area is 116 Å². The maximum atomic E-state index is 12.3. The van der Waals surface area contributed by atoms with Crippen LogP contribution >= 0.6 is 11.6 Å². The lowest BCUT2D eigenvalue weighted by atomic mass is 10.1. The summed E-state index contributed by atoms with van der Waals surface area (Å²) in [5.41, 5.74) is 7.88. The van der Waals surface area contributed by atoms with E-state index in [4.69, 9.17) is 17.3 Å². The molecule has 0 radical (unpaired) electrons. The first-order valence-electron chi connectivity index (χ1n) is 5.78. The van der Waals surface area contributed by atoms with Gasteiger partial charge in [-0.1, -0.05) is 29.8 Å². The van der Waals surface area contributed by atoms with Crippen LogP contribution in [0.25, 0.3) is 0 Å². The van der Waals surface area contributed by atoms with Gasteiger partial charge in [0.1, 0.15) is 0 Å². The van der Waals surface area contributed by atoms with Gasteiger partial charge in [-0.25, -0.2) is 0 Å². The molecule has 0 fully saturated rings. The molecule has 0 saturated carbocycles. The van der Waals surface area contributed by atoms with Crippen molar-refractivity contribution in [2.75, 3.05) is 12.8 Å². The third kappa shape index (κ3) is 3.03. The van der Waals surface area contributed by atoms with Crippen LogP contribution in [0.4, 0.5) is 5.69 Å². The summed E-state index contributed by atoms with van der Waals surface area (Å²) in [6.07, 6.45) is 3.00. The molecule has 98 valence electrons. The van der Waals surface area contributed by atoms with Crippen LogP contribution in [0.1, 0.15) is 15.9 Å². The predicted molar refractivity (Wildman–Crippen MR) is 75.9 cm³/mol. The van der Waals surface area contributed by atoms with Gasteiger partial charge in [0.05, 0.1) is 10.6 Å². The number of carbonyl (C=O) groups is 1. The van der Waals surface area contributed by atoms with Crippen LogP contribution in [0.2, 0.25) is 5.02 Å². The normalized spacial score (nSPS) is 10.2. The number of benzene rings is 1. The zero-order valence-corrected chi connectivity index (χ0v) is 11.3. The minimum absolute atomic E-state index is 0.157. The third-order valence-electron chi connectivity index (χ3n) is 2.81. The van der Waals surface area contributed by atoms with Crippen molar-refractivity contribution in [1.29, 1.82) is 0 Å². The van der Waals surface area contributed by atoms with E-state index in [9.17, 15) is 4.79 Å². The number of hydrogen-bond acceptors (Lipinski definition) is 3. The van der Waals surface area contributed by atoms with E-state index in [-0.39, 0.29) is 5.91 Å². The number of nitrogens with two attached hydrogens (primary N) is 1. The number of pyridine rings is 1. The number of para-hydroxylation sites is 1. The van der Waals surface area contributed by atoms with E-state index in [1.165, 1.54) is 6.20 Å². The van der Waals surface area contributed by atoms with Crippen molar-refractivity contribution >= 4 is 23.2 Å². The second-order valence-corrected chi connectivity index (χ2v) is 4.62. The van der Waals surface area contributed by atoms with Gasteiger partial charge >= 0.3 is 0 Å². The van der Waals surface area contributed by atoms with Gasteiger partial charge in [0, 0.05) is 31.7 Å². The summed E-state index contributed by atoms with van der Waals surface area (Å²) >= 11 is 5.96. The fourth-order valence-electron chi connectivity index (χ4n) is 1.76. The molecule has 0 spiro atoms. The van der Waals surface area contributed by atoms with E-state index in [1.54, 1.807) is 24.2 Å². The monoisotopic (exact) mass is 275 g/mol. The summed E-state index contributed by atoms with van der Waals surface area (Å²) in [5.74, 6) is -0.157. The topological polar surface area (TPSA) is 59.2 Å². The zero-order chi connectivity index (χ0) is 13.8. The van der Waals surface area contributed by atoms with Crippen LogP contribution in [0.5, 0.6) is 0 Å². The molecule has 0 unspecified atom stereocenters. The van der Waals surface area contributed by atoms with Crippen LogP contribution < -0.4 is 5.73 Å². The van der Waals surface area contributed by atoms with E-state index in [0.29, 0.717) is 22.8 Å². The number of nitrogen functional groups attached to an aromatic ring is 1. The van der Waals surface area contributed by atoms with Gasteiger partial charge in [-0.15, -0.1) is 0 Å². The Balaban J connectivity index is 2.17. The number of halogens is 1. The lowest BCUT2D eigenvalue weighted by molar-refractivity contribution is 0.0785. The van der Waals surface area contributed by atoms with Gasteiger partial charge in [-0.3, -0.25) is 9.78 Å². The van der Waals surface area contributed by atoms with E-state index < -0.39 is 0 Å². The lowest BCUT2D eigenvalue weighted by Gasteiger charge is -2.18. The number of hydrogen-bond donors (Lipinski definition) is 1. The Hall–Kier alpha value is -2.07. The maximum Gasteiger partial charge on any atom is 0.255 e. The molecule has 5 heteroatoms. The van der Waals surface area contributed by atoms with Crippen molar-refractivity contribution in [2.24, 2.45) is 0 Å². The Morgan fingerprint density at radius 1 is 1.37 bits per heavy atom. The first kappa shape index (κ1) is 13.4. The van der Waals surface area contributed by atoms with Crippen molar-refractivity contribution in [3.63, 3.8) is 0 Å². The van der Waals surface area contributed by atoms with Crippen molar-refractivity contribution in [3.05, 3.63) is 58.9 Å². The minimum atomic E-state index is -0.157. The molecule has 1 heterocycles. The minimum Gasteiger partial charge on any atom is -0.398 e. The van der Waals surface area contributed by atoms with Gasteiger partial charge in [0.25, 0.3) is 5.91 Å². The Bertz CT molecular complexity index is 601. The van der Waals surface area contributed by atoms with Crippen LogP contribution in [-0.4, -0.2) is 22.8 Å². The number of aromatic nitrogens is 1. The predicted octanol–water partition coefficient (Wildman–Crippen LogP) is 2.59. The maximum absolute atomic E-state index is 12.3. The van der Waals surface area contributed by atoms with Gasteiger partial charge in [-0.2, -0.15) is 0 Å². The second-order valence-electron chi connectivity index (χ2n) is 4.22. The van der Waals surface area contributed by atoms with Crippen molar-refractivity contribution in [3.8, 4) is 0 Å². The first-order chi connectivity index (χ1) is 9.09. The van der Waals surface area contributed by atoms with Crippen LogP contribution in [-0.2, 0) is 6.54 Å². The molecular formula is C14H14ClN3O. The highest BCUT2D eigenvalue weighted by Gasteiger charge is 2.15. The summed E-state index contributed by atoms with van der Waals surface area (Å²) in [5, 5.41) is 0.348. The van der Waals surface area contributed by atoms with E-state index in [0.717, 1.165) is 5.56 Å². The first-order valence-corrected chi connectivity index (χ1v) is 6.15. The fraction of sp³-hybridized carbons (Fsp3) is 0.143. The molecule has 2 rings (SSSR count). The van der Waals surface area contributed by atoms with E-state index >= 15 is 0 Å². The molecule has 4 nitrogen and oxygen atoms in total. The Kier molecular flexibility index (Phi) is 4.02. The molecule has 1 amide bonds. The molecule has 2 aromatic rings. The van der Waals surface area contributed by atoms with Gasteiger partial charge in [0.15, 0.2) is 0 Å². The molecule has 0 aliphatic rings. The zero-order valence-electron chi connectivity index (χ0n) is 10.5. The molecule has 0 aliphatic carbocycles. The van der Waals surface area contributed by atoms with E-state index in [2.05, 4.69) is 4.98 Å². The molecular weight excluding hydrogens is 262 g/mol. The summed E-state index contributed by atoms with van der Waals surface area (Å²) in [7, 11) is 1.71. The molecule has 2 N–H and O–H groups in total. The fourth-order valence-corrected chi connectivity index (χ4v) is 1.96. The summed E-state index contributed by atoms with van der Waals surface area (Å²) in [4.78, 5) is 17.7. The third-order valence-corrected chi connectivity index (χ3v) is 3.11. The number of anilines is 1. The highest BCUT2D eigenvalue weighted by molar-refractivity contribution is 6.33. The second kappa shape index (κ2) is 5.71. The van der Waals surface area contributed by atoms with Gasteiger partial charge in [-0.05, 0) is 17.7 Å². The van der Waals surface area contributed by atoms with Crippen molar-refractivity contribution in [2.45, 2.75) is 6.54 Å². The number of nitrogens with zero attached hydrogens (tertiary/aromatic N) is 2. The molecule has 1 aromatic carbocycles. The standard InChI is InChI=1S/C14H14ClN3O/c1-18(9-10-4-2-3-5-13(10)16)14(19)11-6-7-17-8-12(11)15/h2-8H,9,16H2,1H3. The Morgan fingerprint density at radius 2 is 2.11 bits per heavy atom. The highest BCUT2D eigenvalue weighted by Crippen LogP contribution is 2.18. The molecule has 1 aromatic heterocycles. The molecule has 0 saturated heterocycles. The highest BCUT2D eigenvalue weighted by atomic mass is 35.5. The van der Waals surface area contributed by atoms with Crippen molar-refractivity contribution < 1.29 is 4.79 Å². The summed E-state index contributed by atoms with van der Waals surface area (Å²) < 4.78 is 0. The van der Waals surface area contributed by atoms with Crippen LogP contribution in [0.15, 0.2) is 42.7 Å². The Morgan fingerprint density at radius 3 is 2.79 bits per heavy atom. The van der Waals surface area contributed by atoms with E-state index in [1.807, 2.05) is 24.3 Å². The molecule has 0 atom stereocenters. The summed E-state index contributed by atoms with van der Waals surface area (Å²) in [6, 6.07) is 9.07. The molecule has 19 heavy (non-hydrogen) atoms. The smallest absolute Gasteiger partial charge is 0.255 e. The number of carbonyl (C=O) groups excluding carboxylic acids is 1. The van der Waals surface area contributed by atoms with Gasteiger partial charge < -0.3 is 10.6 Å². The summed E-state index contributed by atoms with van der Waals surface area (Å²) in [6.45, 7) is 0.435. The quantitative estimate of drug-likeness (QED) is 0.876. The average molecular weight is 276 g/mol. The largest absolute Gasteiger partial charge is 0.398 e. The van der Waals surface area contributed by atoms with Crippen LogP contribution in [0, 0.1) is 0 Å². The van der Waals surface area contributed by atoms with Crippen LogP contribution in [0.3, 0.4) is 0 Å². The van der Waals surface area contributed by atoms with Gasteiger partial charge in [0.2, 0.25) is 0 Å². The molecule has 0 aliphatic heterocycles.